The maximum Gasteiger partial charge on any atom is 0.322 e. The lowest BCUT2D eigenvalue weighted by Crippen LogP contribution is -2.86. The number of carbonyl (C=O) groups excluding carboxylic acids is 2. The summed E-state index contributed by atoms with van der Waals surface area (Å²) in [4.78, 5) is 29.8. The van der Waals surface area contributed by atoms with Gasteiger partial charge in [0.05, 0.1) is 25.3 Å². The fraction of sp³-hybridized carbons (Fsp3) is 0.440. The Bertz CT molecular complexity index is 1000. The van der Waals surface area contributed by atoms with Crippen molar-refractivity contribution < 1.29 is 19.4 Å². The van der Waals surface area contributed by atoms with Crippen LogP contribution in [0.5, 0.6) is 5.75 Å². The maximum atomic E-state index is 13.3. The molecule has 2 heterocycles. The number of rotatable bonds is 5. The van der Waals surface area contributed by atoms with Crippen LogP contribution >= 0.6 is 0 Å². The van der Waals surface area contributed by atoms with E-state index in [4.69, 9.17) is 4.74 Å². The van der Waals surface area contributed by atoms with Crippen molar-refractivity contribution in [1.29, 1.82) is 0 Å². The van der Waals surface area contributed by atoms with Gasteiger partial charge in [0, 0.05) is 36.7 Å². The summed E-state index contributed by atoms with van der Waals surface area (Å²) in [5, 5.41) is 13.1. The topological polar surface area (TPSA) is 82.1 Å². The molecule has 3 amide bonds. The normalized spacial score (nSPS) is 23.7. The van der Waals surface area contributed by atoms with E-state index in [1.165, 1.54) is 0 Å². The van der Waals surface area contributed by atoms with Gasteiger partial charge < -0.3 is 25.0 Å². The third-order valence-electron chi connectivity index (χ3n) is 7.35. The first-order valence-corrected chi connectivity index (χ1v) is 11.3. The van der Waals surface area contributed by atoms with Gasteiger partial charge in [0.25, 0.3) is 0 Å². The lowest BCUT2D eigenvalue weighted by atomic mass is 9.60. The molecule has 2 saturated heterocycles. The van der Waals surface area contributed by atoms with Crippen molar-refractivity contribution in [2.24, 2.45) is 5.92 Å². The summed E-state index contributed by atoms with van der Waals surface area (Å²) in [5.74, 6) is 0.875. The van der Waals surface area contributed by atoms with Crippen LogP contribution in [0.15, 0.2) is 54.6 Å². The Morgan fingerprint density at radius 3 is 2.50 bits per heavy atom. The van der Waals surface area contributed by atoms with Crippen LogP contribution in [0, 0.1) is 5.92 Å². The van der Waals surface area contributed by atoms with Crippen molar-refractivity contribution in [2.45, 2.75) is 36.8 Å². The number of hydrogen-bond acceptors (Lipinski definition) is 4. The zero-order valence-electron chi connectivity index (χ0n) is 18.2. The predicted molar refractivity (Wildman–Crippen MR) is 121 cm³/mol. The molecule has 5 rings (SSSR count). The third-order valence-corrected chi connectivity index (χ3v) is 7.35. The van der Waals surface area contributed by atoms with Gasteiger partial charge in [-0.1, -0.05) is 42.8 Å². The summed E-state index contributed by atoms with van der Waals surface area (Å²) >= 11 is 0. The van der Waals surface area contributed by atoms with Crippen LogP contribution in [0.25, 0.3) is 0 Å². The number of nitrogens with zero attached hydrogens (tertiary/aromatic N) is 2. The van der Waals surface area contributed by atoms with Gasteiger partial charge in [-0.05, 0) is 30.5 Å². The molecule has 32 heavy (non-hydrogen) atoms. The first kappa shape index (κ1) is 20.8. The highest BCUT2D eigenvalue weighted by atomic mass is 16.5. The second kappa shape index (κ2) is 8.13. The van der Waals surface area contributed by atoms with E-state index in [0.717, 1.165) is 24.8 Å². The largest absolute Gasteiger partial charge is 0.497 e. The molecule has 3 aliphatic rings. The molecule has 3 fully saturated rings. The Labute approximate surface area is 188 Å². The zero-order chi connectivity index (χ0) is 22.3. The van der Waals surface area contributed by atoms with Crippen LogP contribution in [0.3, 0.4) is 0 Å². The van der Waals surface area contributed by atoms with E-state index >= 15 is 0 Å². The number of urea groups is 1. The number of carbonyl (C=O) groups is 2. The molecule has 0 aromatic heterocycles. The number of hydrogen-bond donors (Lipinski definition) is 2. The van der Waals surface area contributed by atoms with E-state index in [1.54, 1.807) is 18.1 Å². The molecule has 1 spiro atoms. The van der Waals surface area contributed by atoms with Gasteiger partial charge in [-0.3, -0.25) is 4.79 Å². The first-order valence-electron chi connectivity index (χ1n) is 11.3. The molecular weight excluding hydrogens is 406 g/mol. The number of amides is 3. The monoisotopic (exact) mass is 435 g/mol. The summed E-state index contributed by atoms with van der Waals surface area (Å²) in [5.41, 5.74) is 1.32. The molecule has 2 atom stereocenters. The van der Waals surface area contributed by atoms with Crippen LogP contribution in [-0.4, -0.2) is 65.2 Å². The lowest BCUT2D eigenvalue weighted by molar-refractivity contribution is -0.198. The average molecular weight is 436 g/mol. The molecule has 0 radical (unpaired) electrons. The summed E-state index contributed by atoms with van der Waals surface area (Å²) in [6.07, 6.45) is 2.91. The summed E-state index contributed by atoms with van der Waals surface area (Å²) in [6.45, 7) is 0.838. The van der Waals surface area contributed by atoms with Gasteiger partial charge >= 0.3 is 6.03 Å². The zero-order valence-corrected chi connectivity index (χ0v) is 18.2. The number of methoxy groups -OCH3 is 1. The lowest BCUT2D eigenvalue weighted by Gasteiger charge is -2.71. The summed E-state index contributed by atoms with van der Waals surface area (Å²) in [7, 11) is 1.59. The number of anilines is 1. The predicted octanol–water partition coefficient (Wildman–Crippen LogP) is 3.07. The molecular formula is C25H29N3O4. The highest BCUT2D eigenvalue weighted by molar-refractivity contribution is 5.91. The maximum absolute atomic E-state index is 13.3. The number of nitrogens with one attached hydrogen (secondary N) is 1. The van der Waals surface area contributed by atoms with E-state index in [9.17, 15) is 14.7 Å². The second-order valence-electron chi connectivity index (χ2n) is 9.10. The SMILES string of the molecule is COc1cccc(NC(=O)N2CC3(C2)[C@H](c2ccccc2)[C@@H](CO)N3C(=O)C2CCC2)c1. The fourth-order valence-electron chi connectivity index (χ4n) is 5.53. The van der Waals surface area contributed by atoms with Crippen molar-refractivity contribution >= 4 is 17.6 Å². The van der Waals surface area contributed by atoms with Gasteiger partial charge in [0.1, 0.15) is 5.75 Å². The number of aliphatic hydroxyl groups is 1. The fourth-order valence-corrected chi connectivity index (χ4v) is 5.53. The van der Waals surface area contributed by atoms with E-state index in [-0.39, 0.29) is 36.4 Å². The van der Waals surface area contributed by atoms with E-state index < -0.39 is 5.54 Å². The smallest absolute Gasteiger partial charge is 0.322 e. The average Bonchev–Trinajstić information content (AvgIpc) is 2.72. The number of benzene rings is 2. The van der Waals surface area contributed by atoms with Gasteiger partial charge in [-0.15, -0.1) is 0 Å². The van der Waals surface area contributed by atoms with Crippen molar-refractivity contribution in [2.75, 3.05) is 32.1 Å². The van der Waals surface area contributed by atoms with Crippen LogP contribution in [0.4, 0.5) is 10.5 Å². The molecule has 2 N–H and O–H groups in total. The Kier molecular flexibility index (Phi) is 5.29. The minimum absolute atomic E-state index is 0.0126. The van der Waals surface area contributed by atoms with E-state index in [0.29, 0.717) is 24.5 Å². The van der Waals surface area contributed by atoms with Gasteiger partial charge in [0.2, 0.25) is 5.91 Å². The molecule has 2 aliphatic heterocycles. The number of ether oxygens (including phenoxy) is 1. The molecule has 0 bridgehead atoms. The Balaban J connectivity index is 1.36. The van der Waals surface area contributed by atoms with Crippen LogP contribution in [0.2, 0.25) is 0 Å². The van der Waals surface area contributed by atoms with E-state index in [1.807, 2.05) is 41.3 Å². The summed E-state index contributed by atoms with van der Waals surface area (Å²) < 4.78 is 5.23. The molecule has 7 heteroatoms. The van der Waals surface area contributed by atoms with Crippen molar-refractivity contribution in [3.8, 4) is 5.75 Å². The molecule has 168 valence electrons. The molecule has 1 saturated carbocycles. The highest BCUT2D eigenvalue weighted by Crippen LogP contribution is 2.55. The minimum Gasteiger partial charge on any atom is -0.497 e. The van der Waals surface area contributed by atoms with Gasteiger partial charge in [-0.25, -0.2) is 4.79 Å². The molecule has 2 aromatic carbocycles. The van der Waals surface area contributed by atoms with Gasteiger partial charge in [0.15, 0.2) is 0 Å². The molecule has 7 nitrogen and oxygen atoms in total. The second-order valence-corrected chi connectivity index (χ2v) is 9.10. The molecule has 2 aromatic rings. The molecule has 1 aliphatic carbocycles. The Hall–Kier alpha value is -3.06. The van der Waals surface area contributed by atoms with E-state index in [2.05, 4.69) is 17.4 Å². The highest BCUT2D eigenvalue weighted by Gasteiger charge is 2.68. The van der Waals surface area contributed by atoms with Crippen LogP contribution in [0.1, 0.15) is 30.7 Å². The van der Waals surface area contributed by atoms with Crippen LogP contribution in [-0.2, 0) is 4.79 Å². The quantitative estimate of drug-likeness (QED) is 0.756. The van der Waals surface area contributed by atoms with Crippen molar-refractivity contribution in [3.63, 3.8) is 0 Å². The molecule has 0 unspecified atom stereocenters. The standard InChI is InChI=1S/C25H29N3O4/c1-32-20-12-6-11-19(13-20)26-24(31)27-15-25(16-27)22(17-7-3-2-4-8-17)21(14-29)28(25)23(30)18-9-5-10-18/h2-4,6-8,11-13,18,21-22,29H,5,9-10,14-16H2,1H3,(H,26,31)/t21-,22-/m1/s1. The Morgan fingerprint density at radius 1 is 1.12 bits per heavy atom. The minimum atomic E-state index is -0.451. The first-order chi connectivity index (χ1) is 15.6. The Morgan fingerprint density at radius 2 is 1.88 bits per heavy atom. The number of likely N-dealkylation sites (tertiary alicyclic amines) is 2. The van der Waals surface area contributed by atoms with Gasteiger partial charge in [-0.2, -0.15) is 0 Å². The number of aliphatic hydroxyl groups excluding tert-OH is 1. The van der Waals surface area contributed by atoms with Crippen molar-refractivity contribution in [1.82, 2.24) is 9.80 Å². The third kappa shape index (κ3) is 3.23. The van der Waals surface area contributed by atoms with Crippen LogP contribution < -0.4 is 10.1 Å². The summed E-state index contributed by atoms with van der Waals surface area (Å²) in [6, 6.07) is 16.9. The van der Waals surface area contributed by atoms with Crippen molar-refractivity contribution in [3.05, 3.63) is 60.2 Å².